The molecule has 9 heteroatoms. The van der Waals surface area contributed by atoms with Crippen molar-refractivity contribution in [1.29, 1.82) is 0 Å². The van der Waals surface area contributed by atoms with Gasteiger partial charge in [-0.15, -0.1) is 0 Å². The van der Waals surface area contributed by atoms with Gasteiger partial charge in [-0.3, -0.25) is 4.79 Å². The molecule has 0 bridgehead atoms. The van der Waals surface area contributed by atoms with Crippen LogP contribution in [0.4, 0.5) is 0 Å². The molecule has 2 rings (SSSR count). The molecule has 2 N–H and O–H groups in total. The predicted octanol–water partition coefficient (Wildman–Crippen LogP) is 1.80. The Morgan fingerprint density at radius 2 is 1.96 bits per heavy atom. The van der Waals surface area contributed by atoms with Crippen molar-refractivity contribution in [1.82, 2.24) is 15.4 Å². The molecule has 0 aliphatic rings. The molecule has 0 fully saturated rings. The monoisotopic (exact) mass is 374 g/mol. The molecular weight excluding hydrogens is 356 g/mol. The topological polar surface area (TPSA) is 114 Å². The molecule has 0 aliphatic carbocycles. The lowest BCUT2D eigenvalue weighted by molar-refractivity contribution is -0.139. The van der Waals surface area contributed by atoms with Crippen molar-refractivity contribution in [2.24, 2.45) is 5.10 Å². The molecule has 26 heavy (non-hydrogen) atoms. The molecule has 1 amide bonds. The van der Waals surface area contributed by atoms with Gasteiger partial charge in [0.15, 0.2) is 11.8 Å². The number of nitrogens with one attached hydrogen (secondary N) is 1. The van der Waals surface area contributed by atoms with E-state index in [0.717, 1.165) is 11.4 Å². The summed E-state index contributed by atoms with van der Waals surface area (Å²) in [6, 6.07) is 8.65. The number of amides is 1. The highest BCUT2D eigenvalue weighted by Gasteiger charge is 2.06. The maximum Gasteiger partial charge on any atom is 0.341 e. The van der Waals surface area contributed by atoms with Crippen LogP contribution < -0.4 is 10.2 Å². The van der Waals surface area contributed by atoms with Crippen LogP contribution in [0.15, 0.2) is 40.6 Å². The van der Waals surface area contributed by atoms with E-state index in [-0.39, 0.29) is 11.7 Å². The number of aryl methyl sites for hydroxylation is 2. The minimum Gasteiger partial charge on any atom is -0.481 e. The number of carboxylic acids is 1. The van der Waals surface area contributed by atoms with Crippen molar-refractivity contribution in [3.8, 4) is 5.75 Å². The summed E-state index contributed by atoms with van der Waals surface area (Å²) >= 11 is 1.22. The highest BCUT2D eigenvalue weighted by atomic mass is 32.2. The Kier molecular flexibility index (Phi) is 7.10. The van der Waals surface area contributed by atoms with Crippen molar-refractivity contribution in [2.75, 3.05) is 12.4 Å². The fourth-order valence-electron chi connectivity index (χ4n) is 1.95. The van der Waals surface area contributed by atoms with Crippen LogP contribution in [0.3, 0.4) is 0 Å². The number of hydrogen-bond acceptors (Lipinski definition) is 7. The number of ether oxygens (including phenoxy) is 1. The number of aromatic nitrogens is 2. The van der Waals surface area contributed by atoms with Gasteiger partial charge in [0.25, 0.3) is 5.91 Å². The van der Waals surface area contributed by atoms with Crippen LogP contribution in [0.25, 0.3) is 0 Å². The molecule has 0 spiro atoms. The Morgan fingerprint density at radius 3 is 2.65 bits per heavy atom. The van der Waals surface area contributed by atoms with Gasteiger partial charge < -0.3 is 9.84 Å². The number of benzene rings is 1. The van der Waals surface area contributed by atoms with Crippen LogP contribution >= 0.6 is 11.8 Å². The second-order valence-electron chi connectivity index (χ2n) is 5.24. The molecule has 0 radical (unpaired) electrons. The Hall–Kier alpha value is -2.94. The van der Waals surface area contributed by atoms with E-state index in [0.29, 0.717) is 16.5 Å². The number of hydrazone groups is 1. The largest absolute Gasteiger partial charge is 0.481 e. The van der Waals surface area contributed by atoms with Crippen LogP contribution in [0.2, 0.25) is 0 Å². The lowest BCUT2D eigenvalue weighted by Crippen LogP contribution is -2.20. The van der Waals surface area contributed by atoms with E-state index in [2.05, 4.69) is 20.5 Å². The van der Waals surface area contributed by atoms with Gasteiger partial charge in [-0.1, -0.05) is 23.9 Å². The molecule has 1 aromatic heterocycles. The summed E-state index contributed by atoms with van der Waals surface area (Å²) in [5.41, 5.74) is 4.65. The van der Waals surface area contributed by atoms with Crippen molar-refractivity contribution in [3.63, 3.8) is 0 Å². The molecule has 8 nitrogen and oxygen atoms in total. The molecule has 0 aliphatic heterocycles. The molecule has 0 atom stereocenters. The smallest absolute Gasteiger partial charge is 0.341 e. The first-order valence-electron chi connectivity index (χ1n) is 7.64. The van der Waals surface area contributed by atoms with Gasteiger partial charge in [-0.05, 0) is 32.0 Å². The summed E-state index contributed by atoms with van der Waals surface area (Å²) < 4.78 is 5.16. The highest BCUT2D eigenvalue weighted by Crippen LogP contribution is 2.16. The average Bonchev–Trinajstić information content (AvgIpc) is 2.58. The standard InChI is InChI=1S/C17H18N4O4S/c1-11-7-12(2)20-17(19-11)26-10-15(22)21-18-8-13-5-3-4-6-14(13)25-9-16(23)24/h3-8H,9-10H2,1-2H3,(H,21,22)(H,23,24)/b18-8+. The summed E-state index contributed by atoms with van der Waals surface area (Å²) in [5.74, 6) is -0.892. The first-order chi connectivity index (χ1) is 12.4. The van der Waals surface area contributed by atoms with Gasteiger partial charge in [-0.2, -0.15) is 5.10 Å². The van der Waals surface area contributed by atoms with E-state index in [9.17, 15) is 9.59 Å². The summed E-state index contributed by atoms with van der Waals surface area (Å²) in [7, 11) is 0. The zero-order valence-electron chi connectivity index (χ0n) is 14.3. The van der Waals surface area contributed by atoms with Crippen LogP contribution in [0.1, 0.15) is 17.0 Å². The summed E-state index contributed by atoms with van der Waals surface area (Å²) in [6.45, 7) is 3.28. The number of carbonyl (C=O) groups excluding carboxylic acids is 1. The molecule has 1 heterocycles. The SMILES string of the molecule is Cc1cc(C)nc(SCC(=O)N/N=C/c2ccccc2OCC(=O)O)n1. The van der Waals surface area contributed by atoms with Crippen LogP contribution in [0.5, 0.6) is 5.75 Å². The van der Waals surface area contributed by atoms with E-state index in [1.807, 2.05) is 19.9 Å². The van der Waals surface area contributed by atoms with Crippen molar-refractivity contribution in [3.05, 3.63) is 47.3 Å². The van der Waals surface area contributed by atoms with Gasteiger partial charge in [0.05, 0.1) is 12.0 Å². The van der Waals surface area contributed by atoms with Crippen molar-refractivity contribution < 1.29 is 19.4 Å². The second-order valence-corrected chi connectivity index (χ2v) is 6.18. The van der Waals surface area contributed by atoms with E-state index in [1.54, 1.807) is 24.3 Å². The molecule has 1 aromatic carbocycles. The number of carbonyl (C=O) groups is 2. The maximum atomic E-state index is 11.9. The van der Waals surface area contributed by atoms with E-state index in [1.165, 1.54) is 18.0 Å². The Balaban J connectivity index is 1.88. The fourth-order valence-corrected chi connectivity index (χ4v) is 2.69. The number of carboxylic acid groups (broad SMARTS) is 1. The molecule has 0 unspecified atom stereocenters. The summed E-state index contributed by atoms with van der Waals surface area (Å²) in [6.07, 6.45) is 1.40. The van der Waals surface area contributed by atoms with E-state index >= 15 is 0 Å². The number of hydrogen-bond donors (Lipinski definition) is 2. The van der Waals surface area contributed by atoms with Gasteiger partial charge >= 0.3 is 5.97 Å². The molecule has 0 saturated heterocycles. The quantitative estimate of drug-likeness (QED) is 0.313. The maximum absolute atomic E-state index is 11.9. The highest BCUT2D eigenvalue weighted by molar-refractivity contribution is 7.99. The van der Waals surface area contributed by atoms with Gasteiger partial charge in [-0.25, -0.2) is 20.2 Å². The lowest BCUT2D eigenvalue weighted by atomic mass is 10.2. The number of rotatable bonds is 8. The minimum atomic E-state index is -1.07. The van der Waals surface area contributed by atoms with E-state index < -0.39 is 12.6 Å². The fraction of sp³-hybridized carbons (Fsp3) is 0.235. The Bertz CT molecular complexity index is 806. The molecular formula is C17H18N4O4S. The Morgan fingerprint density at radius 1 is 1.27 bits per heavy atom. The predicted molar refractivity (Wildman–Crippen MR) is 97.5 cm³/mol. The molecule has 0 saturated carbocycles. The van der Waals surface area contributed by atoms with Crippen molar-refractivity contribution in [2.45, 2.75) is 19.0 Å². The first kappa shape index (κ1) is 19.4. The van der Waals surface area contributed by atoms with Gasteiger partial charge in [0.2, 0.25) is 0 Å². The second kappa shape index (κ2) is 9.52. The number of para-hydroxylation sites is 1. The van der Waals surface area contributed by atoms with Crippen LogP contribution in [-0.2, 0) is 9.59 Å². The third kappa shape index (κ3) is 6.52. The third-order valence-electron chi connectivity index (χ3n) is 2.96. The third-order valence-corrected chi connectivity index (χ3v) is 3.80. The summed E-state index contributed by atoms with van der Waals surface area (Å²) in [5, 5.41) is 13.1. The van der Waals surface area contributed by atoms with Crippen LogP contribution in [0, 0.1) is 13.8 Å². The summed E-state index contributed by atoms with van der Waals surface area (Å²) in [4.78, 5) is 31.0. The Labute approximate surface area is 154 Å². The average molecular weight is 374 g/mol. The number of thioether (sulfide) groups is 1. The first-order valence-corrected chi connectivity index (χ1v) is 8.63. The normalized spacial score (nSPS) is 10.7. The zero-order valence-corrected chi connectivity index (χ0v) is 15.1. The van der Waals surface area contributed by atoms with Crippen LogP contribution in [-0.4, -0.2) is 45.5 Å². The molecule has 136 valence electrons. The van der Waals surface area contributed by atoms with Crippen molar-refractivity contribution >= 4 is 29.9 Å². The van der Waals surface area contributed by atoms with E-state index in [4.69, 9.17) is 9.84 Å². The number of nitrogens with zero attached hydrogens (tertiary/aromatic N) is 3. The van der Waals surface area contributed by atoms with Gasteiger partial charge in [0.1, 0.15) is 5.75 Å². The minimum absolute atomic E-state index is 0.122. The van der Waals surface area contributed by atoms with Gasteiger partial charge in [0, 0.05) is 17.0 Å². The zero-order chi connectivity index (χ0) is 18.9. The molecule has 2 aromatic rings. The lowest BCUT2D eigenvalue weighted by Gasteiger charge is -2.06. The number of aliphatic carboxylic acids is 1.